The smallest absolute Gasteiger partial charge is 0.261 e. The number of aromatic nitrogens is 1. The molecule has 0 saturated carbocycles. The van der Waals surface area contributed by atoms with Crippen LogP contribution in [0.25, 0.3) is 0 Å². The van der Waals surface area contributed by atoms with E-state index in [1.807, 2.05) is 37.4 Å². The molecule has 3 rings (SSSR count). The fourth-order valence-electron chi connectivity index (χ4n) is 3.27. The van der Waals surface area contributed by atoms with Gasteiger partial charge in [0.25, 0.3) is 11.5 Å². The molecular formula is C19H24N2O3S. The average Bonchev–Trinajstić information content (AvgIpc) is 3.15. The van der Waals surface area contributed by atoms with Crippen LogP contribution in [-0.2, 0) is 0 Å². The molecule has 134 valence electrons. The number of aliphatic hydroxyl groups is 1. The topological polar surface area (TPSA) is 73.4 Å². The van der Waals surface area contributed by atoms with Gasteiger partial charge in [-0.1, -0.05) is 19.9 Å². The monoisotopic (exact) mass is 360 g/mol. The molecule has 2 aromatic rings. The molecule has 0 spiro atoms. The van der Waals surface area contributed by atoms with Gasteiger partial charge >= 0.3 is 0 Å². The van der Waals surface area contributed by atoms with Gasteiger partial charge in [0.1, 0.15) is 5.56 Å². The Kier molecular flexibility index (Phi) is 5.39. The predicted molar refractivity (Wildman–Crippen MR) is 99.1 cm³/mol. The molecule has 0 aromatic carbocycles. The largest absolute Gasteiger partial charge is 0.387 e. The van der Waals surface area contributed by atoms with E-state index in [-0.39, 0.29) is 28.9 Å². The number of thiophene rings is 1. The van der Waals surface area contributed by atoms with Crippen molar-refractivity contribution in [1.82, 2.24) is 9.88 Å². The van der Waals surface area contributed by atoms with Crippen LogP contribution in [0, 0.1) is 5.92 Å². The van der Waals surface area contributed by atoms with Gasteiger partial charge in [-0.15, -0.1) is 11.3 Å². The number of nitrogens with zero attached hydrogens (tertiary/aromatic N) is 1. The highest BCUT2D eigenvalue weighted by Crippen LogP contribution is 2.33. The number of rotatable bonds is 4. The van der Waals surface area contributed by atoms with Gasteiger partial charge in [0.05, 0.1) is 6.10 Å². The molecule has 2 N–H and O–H groups in total. The van der Waals surface area contributed by atoms with Crippen LogP contribution in [0.5, 0.6) is 0 Å². The van der Waals surface area contributed by atoms with Gasteiger partial charge in [0.15, 0.2) is 0 Å². The van der Waals surface area contributed by atoms with Crippen molar-refractivity contribution in [3.63, 3.8) is 0 Å². The molecule has 25 heavy (non-hydrogen) atoms. The molecule has 0 aliphatic carbocycles. The lowest BCUT2D eigenvalue weighted by atomic mass is 9.90. The van der Waals surface area contributed by atoms with Crippen LogP contribution in [0.4, 0.5) is 0 Å². The number of likely N-dealkylation sites (tertiary alicyclic amines) is 1. The number of carbonyl (C=O) groups excluding carboxylic acids is 1. The van der Waals surface area contributed by atoms with Gasteiger partial charge in [-0.2, -0.15) is 0 Å². The number of pyridine rings is 1. The first-order valence-corrected chi connectivity index (χ1v) is 9.59. The first-order valence-electron chi connectivity index (χ1n) is 8.71. The second-order valence-electron chi connectivity index (χ2n) is 6.90. The number of nitrogens with one attached hydrogen (secondary N) is 1. The normalized spacial score (nSPS) is 17.0. The van der Waals surface area contributed by atoms with Crippen LogP contribution >= 0.6 is 11.3 Å². The minimum atomic E-state index is -0.467. The highest BCUT2D eigenvalue weighted by molar-refractivity contribution is 7.10. The van der Waals surface area contributed by atoms with Gasteiger partial charge in [0, 0.05) is 23.7 Å². The van der Waals surface area contributed by atoms with Crippen molar-refractivity contribution in [2.75, 3.05) is 13.1 Å². The summed E-state index contributed by atoms with van der Waals surface area (Å²) in [7, 11) is 0. The van der Waals surface area contributed by atoms with E-state index in [1.54, 1.807) is 22.3 Å². The molecule has 0 radical (unpaired) electrons. The zero-order valence-electron chi connectivity index (χ0n) is 14.6. The number of hydrogen-bond donors (Lipinski definition) is 2. The first kappa shape index (κ1) is 17.9. The predicted octanol–water partition coefficient (Wildman–Crippen LogP) is 3.15. The molecule has 5 nitrogen and oxygen atoms in total. The third-order valence-electron chi connectivity index (χ3n) is 4.89. The Hall–Kier alpha value is -1.92. The summed E-state index contributed by atoms with van der Waals surface area (Å²) >= 11 is 1.56. The molecule has 0 unspecified atom stereocenters. The van der Waals surface area contributed by atoms with E-state index in [9.17, 15) is 14.7 Å². The summed E-state index contributed by atoms with van der Waals surface area (Å²) in [4.78, 5) is 30.4. The molecule has 6 heteroatoms. The first-order chi connectivity index (χ1) is 12.0. The maximum atomic E-state index is 12.7. The molecule has 2 aromatic heterocycles. The van der Waals surface area contributed by atoms with E-state index >= 15 is 0 Å². The van der Waals surface area contributed by atoms with Crippen molar-refractivity contribution in [2.24, 2.45) is 5.92 Å². The van der Waals surface area contributed by atoms with Crippen LogP contribution in [0.3, 0.4) is 0 Å². The minimum absolute atomic E-state index is 0.157. The van der Waals surface area contributed by atoms with Crippen LogP contribution in [0.2, 0.25) is 0 Å². The second-order valence-corrected chi connectivity index (χ2v) is 7.88. The highest BCUT2D eigenvalue weighted by atomic mass is 32.1. The van der Waals surface area contributed by atoms with Gasteiger partial charge in [-0.05, 0) is 48.3 Å². The maximum absolute atomic E-state index is 12.7. The van der Waals surface area contributed by atoms with Gasteiger partial charge in [0.2, 0.25) is 0 Å². The fourth-order valence-corrected chi connectivity index (χ4v) is 4.08. The van der Waals surface area contributed by atoms with Gasteiger partial charge in [-0.25, -0.2) is 0 Å². The van der Waals surface area contributed by atoms with Gasteiger partial charge < -0.3 is 15.0 Å². The third kappa shape index (κ3) is 3.85. The third-order valence-corrected chi connectivity index (χ3v) is 5.84. The molecule has 1 aliphatic heterocycles. The van der Waals surface area contributed by atoms with E-state index in [1.165, 1.54) is 0 Å². The zero-order valence-corrected chi connectivity index (χ0v) is 15.4. The van der Waals surface area contributed by atoms with Crippen molar-refractivity contribution in [3.05, 3.63) is 56.1 Å². The number of H-pyrrole nitrogens is 1. The van der Waals surface area contributed by atoms with Crippen LogP contribution in [0.1, 0.15) is 59.6 Å². The van der Waals surface area contributed by atoms with Crippen molar-refractivity contribution in [2.45, 2.75) is 38.7 Å². The number of amides is 1. The van der Waals surface area contributed by atoms with Crippen molar-refractivity contribution in [1.29, 1.82) is 0 Å². The summed E-state index contributed by atoms with van der Waals surface area (Å²) in [5.41, 5.74) is 0.706. The summed E-state index contributed by atoms with van der Waals surface area (Å²) in [6.45, 7) is 5.13. The number of aliphatic hydroxyl groups excluding tert-OH is 1. The zero-order chi connectivity index (χ0) is 18.0. The summed E-state index contributed by atoms with van der Waals surface area (Å²) in [5, 5.41) is 12.4. The van der Waals surface area contributed by atoms with Crippen LogP contribution in [0.15, 0.2) is 34.4 Å². The lowest BCUT2D eigenvalue weighted by molar-refractivity contribution is 0.0473. The Balaban J connectivity index is 1.65. The quantitative estimate of drug-likeness (QED) is 0.880. The SMILES string of the molecule is CC(C)c1ccc(C(=O)N2CCC([C@H](O)c3cccs3)CC2)c(=O)[nH]1. The van der Waals surface area contributed by atoms with E-state index < -0.39 is 6.10 Å². The van der Waals surface area contributed by atoms with Crippen LogP contribution in [-0.4, -0.2) is 34.0 Å². The highest BCUT2D eigenvalue weighted by Gasteiger charge is 2.29. The molecule has 1 aliphatic rings. The Morgan fingerprint density at radius 1 is 1.28 bits per heavy atom. The van der Waals surface area contributed by atoms with Crippen molar-refractivity contribution in [3.8, 4) is 0 Å². The number of piperidine rings is 1. The van der Waals surface area contributed by atoms with E-state index in [4.69, 9.17) is 0 Å². The summed E-state index contributed by atoms with van der Waals surface area (Å²) in [6.07, 6.45) is 1.02. The Morgan fingerprint density at radius 2 is 2.00 bits per heavy atom. The average molecular weight is 360 g/mol. The fraction of sp³-hybridized carbons (Fsp3) is 0.474. The molecule has 1 amide bonds. The van der Waals surface area contributed by atoms with E-state index in [2.05, 4.69) is 4.98 Å². The molecule has 3 heterocycles. The number of hydrogen-bond acceptors (Lipinski definition) is 4. The second kappa shape index (κ2) is 7.54. The number of carbonyl (C=O) groups is 1. The molecule has 1 fully saturated rings. The summed E-state index contributed by atoms with van der Waals surface area (Å²) < 4.78 is 0. The summed E-state index contributed by atoms with van der Waals surface area (Å²) in [5.74, 6) is 0.149. The molecule has 1 atom stereocenters. The van der Waals surface area contributed by atoms with Gasteiger partial charge in [-0.3, -0.25) is 9.59 Å². The van der Waals surface area contributed by atoms with Crippen molar-refractivity contribution >= 4 is 17.2 Å². The molecule has 0 bridgehead atoms. The van der Waals surface area contributed by atoms with E-state index in [0.29, 0.717) is 13.1 Å². The Bertz CT molecular complexity index is 774. The van der Waals surface area contributed by atoms with Crippen LogP contribution < -0.4 is 5.56 Å². The lowest BCUT2D eigenvalue weighted by Gasteiger charge is -2.34. The maximum Gasteiger partial charge on any atom is 0.261 e. The number of aromatic amines is 1. The van der Waals surface area contributed by atoms with Crippen molar-refractivity contribution < 1.29 is 9.90 Å². The molecule has 1 saturated heterocycles. The Labute approximate surface area is 151 Å². The minimum Gasteiger partial charge on any atom is -0.387 e. The standard InChI is InChI=1S/C19H24N2O3S/c1-12(2)15-6-5-14(18(23)20-15)19(24)21-9-7-13(8-10-21)17(22)16-4-3-11-25-16/h3-6,11-13,17,22H,7-10H2,1-2H3,(H,20,23)/t17-/m0/s1. The lowest BCUT2D eigenvalue weighted by Crippen LogP contribution is -2.41. The summed E-state index contributed by atoms with van der Waals surface area (Å²) in [6, 6.07) is 7.33. The molecular weight excluding hydrogens is 336 g/mol. The van der Waals surface area contributed by atoms with E-state index in [0.717, 1.165) is 23.4 Å². The Morgan fingerprint density at radius 3 is 2.56 bits per heavy atom.